The lowest BCUT2D eigenvalue weighted by Crippen LogP contribution is -2.02. The first-order chi connectivity index (χ1) is 18.6. The molecule has 0 fully saturated rings. The van der Waals surface area contributed by atoms with Crippen LogP contribution in [0, 0.1) is 28.5 Å². The Labute approximate surface area is 215 Å². The van der Waals surface area contributed by atoms with Crippen molar-refractivity contribution in [2.75, 3.05) is 0 Å². The zero-order chi connectivity index (χ0) is 26.0. The van der Waals surface area contributed by atoms with Gasteiger partial charge in [-0.15, -0.1) is 0 Å². The van der Waals surface area contributed by atoms with Gasteiger partial charge in [-0.05, 0) is 46.2 Å². The fraction of sp³-hybridized carbons (Fsp3) is 0. The van der Waals surface area contributed by atoms with Crippen molar-refractivity contribution in [3.63, 3.8) is 0 Å². The molecule has 3 nitrogen and oxygen atoms in total. The minimum Gasteiger partial charge on any atom is -0.300 e. The number of hydrogen-bond donors (Lipinski definition) is 1. The second kappa shape index (κ2) is 8.16. The highest BCUT2D eigenvalue weighted by Gasteiger charge is 2.26. The van der Waals surface area contributed by atoms with Crippen molar-refractivity contribution in [2.45, 2.75) is 0 Å². The van der Waals surface area contributed by atoms with Crippen molar-refractivity contribution >= 4 is 43.1 Å². The topological polar surface area (TPSA) is 60.0 Å². The van der Waals surface area contributed by atoms with Crippen LogP contribution in [0.1, 0.15) is 0 Å². The summed E-state index contributed by atoms with van der Waals surface area (Å²) in [4.78, 5) is 4.22. The van der Waals surface area contributed by atoms with Gasteiger partial charge in [0.2, 0.25) is 6.19 Å². The van der Waals surface area contributed by atoms with Gasteiger partial charge >= 0.3 is 0 Å². The van der Waals surface area contributed by atoms with E-state index in [-0.39, 0.29) is 5.36 Å². The standard InChI is InChI=1S/C33H17F2N3/c34-20-11-13-22-24(15-20)32(37)30-26(18-7-3-1-4-8-18)29-23-14-12-21(35)16-25(23)33(38-17-36)31(29)27(28(22)30)19-9-5-2-6-10-19/h1-16,37H/b37-32?,38-33+. The van der Waals surface area contributed by atoms with E-state index in [1.165, 1.54) is 24.3 Å². The Kier molecular flexibility index (Phi) is 4.73. The molecule has 7 aromatic carbocycles. The number of rotatable bonds is 2. The van der Waals surface area contributed by atoms with Crippen molar-refractivity contribution in [2.24, 2.45) is 4.99 Å². The maximum absolute atomic E-state index is 14.6. The van der Waals surface area contributed by atoms with Crippen molar-refractivity contribution in [1.82, 2.24) is 0 Å². The highest BCUT2D eigenvalue weighted by molar-refractivity contribution is 6.34. The summed E-state index contributed by atoms with van der Waals surface area (Å²) in [5, 5.41) is 25.1. The molecule has 0 radical (unpaired) electrons. The Morgan fingerprint density at radius 2 is 1.08 bits per heavy atom. The molecule has 0 amide bonds. The van der Waals surface area contributed by atoms with E-state index >= 15 is 0 Å². The van der Waals surface area contributed by atoms with Crippen LogP contribution in [0.3, 0.4) is 0 Å². The van der Waals surface area contributed by atoms with E-state index in [1.54, 1.807) is 12.1 Å². The molecule has 0 aromatic heterocycles. The Morgan fingerprint density at radius 3 is 1.66 bits per heavy atom. The molecule has 0 unspecified atom stereocenters. The summed E-state index contributed by atoms with van der Waals surface area (Å²) in [6.45, 7) is 0. The van der Waals surface area contributed by atoms with Crippen LogP contribution in [0.2, 0.25) is 0 Å². The summed E-state index contributed by atoms with van der Waals surface area (Å²) in [6.07, 6.45) is 1.93. The van der Waals surface area contributed by atoms with Crippen molar-refractivity contribution in [3.8, 4) is 28.4 Å². The van der Waals surface area contributed by atoms with Crippen LogP contribution in [-0.2, 0) is 0 Å². The molecular weight excluding hydrogens is 476 g/mol. The molecule has 0 aliphatic carbocycles. The lowest BCUT2D eigenvalue weighted by Gasteiger charge is -2.14. The molecule has 5 heteroatoms. The van der Waals surface area contributed by atoms with Gasteiger partial charge < -0.3 is 0 Å². The first-order valence-corrected chi connectivity index (χ1v) is 12.1. The van der Waals surface area contributed by atoms with Gasteiger partial charge in [-0.3, -0.25) is 5.41 Å². The monoisotopic (exact) mass is 493 g/mol. The smallest absolute Gasteiger partial charge is 0.206 e. The summed E-state index contributed by atoms with van der Waals surface area (Å²) in [5.41, 5.74) is 3.30. The Morgan fingerprint density at radius 1 is 0.579 bits per heavy atom. The number of halogens is 2. The molecule has 38 heavy (non-hydrogen) atoms. The summed E-state index contributed by atoms with van der Waals surface area (Å²) >= 11 is 0. The van der Waals surface area contributed by atoms with E-state index in [0.717, 1.165) is 43.8 Å². The molecule has 7 rings (SSSR count). The van der Waals surface area contributed by atoms with Gasteiger partial charge in [0.25, 0.3) is 0 Å². The predicted octanol–water partition coefficient (Wildman–Crippen LogP) is 7.65. The van der Waals surface area contributed by atoms with E-state index in [4.69, 9.17) is 0 Å². The van der Waals surface area contributed by atoms with Crippen molar-refractivity contribution in [3.05, 3.63) is 119 Å². The van der Waals surface area contributed by atoms with E-state index in [0.29, 0.717) is 26.9 Å². The van der Waals surface area contributed by atoms with Gasteiger partial charge in [0.15, 0.2) is 0 Å². The minimum absolute atomic E-state index is 0.225. The molecule has 0 saturated heterocycles. The molecule has 7 aromatic rings. The fourth-order valence-corrected chi connectivity index (χ4v) is 5.87. The molecule has 0 aliphatic rings. The summed E-state index contributed by atoms with van der Waals surface area (Å²) in [5.74, 6) is -0.838. The molecule has 0 atom stereocenters. The van der Waals surface area contributed by atoms with E-state index in [9.17, 15) is 19.5 Å². The highest BCUT2D eigenvalue weighted by Crippen LogP contribution is 2.47. The van der Waals surface area contributed by atoms with Gasteiger partial charge in [0.05, 0.1) is 10.7 Å². The lowest BCUT2D eigenvalue weighted by atomic mass is 9.88. The summed E-state index contributed by atoms with van der Waals surface area (Å²) in [6, 6.07) is 28.5. The first kappa shape index (κ1) is 22.0. The third-order valence-corrected chi connectivity index (χ3v) is 7.30. The maximum atomic E-state index is 14.6. The van der Waals surface area contributed by atoms with Gasteiger partial charge in [0.1, 0.15) is 11.6 Å². The Bertz CT molecular complexity index is 2220. The molecule has 0 aliphatic heterocycles. The predicted molar refractivity (Wildman–Crippen MR) is 147 cm³/mol. The molecule has 178 valence electrons. The number of nitriles is 1. The third kappa shape index (κ3) is 2.98. The molecule has 0 saturated carbocycles. The average Bonchev–Trinajstić information content (AvgIpc) is 3.40. The largest absolute Gasteiger partial charge is 0.300 e. The van der Waals surface area contributed by atoms with Crippen LogP contribution in [0.4, 0.5) is 8.78 Å². The SMILES string of the molecule is N#C/N=c1\c2cc(F)ccc2c2c(-c3ccccc3)c3c(=N)c4cc(F)ccc4c3c(-c3ccccc3)c12. The minimum atomic E-state index is -0.425. The first-order valence-electron chi connectivity index (χ1n) is 12.1. The average molecular weight is 494 g/mol. The Balaban J connectivity index is 1.94. The summed E-state index contributed by atoms with van der Waals surface area (Å²) < 4.78 is 29.0. The number of nitrogens with one attached hydrogen (secondary N) is 1. The zero-order valence-corrected chi connectivity index (χ0v) is 19.9. The van der Waals surface area contributed by atoms with Crippen LogP contribution in [0.15, 0.2) is 102 Å². The van der Waals surface area contributed by atoms with E-state index < -0.39 is 11.6 Å². The van der Waals surface area contributed by atoms with Crippen molar-refractivity contribution < 1.29 is 8.78 Å². The van der Waals surface area contributed by atoms with E-state index in [2.05, 4.69) is 4.99 Å². The fourth-order valence-electron chi connectivity index (χ4n) is 5.87. The van der Waals surface area contributed by atoms with Gasteiger partial charge in [0, 0.05) is 43.4 Å². The summed E-state index contributed by atoms with van der Waals surface area (Å²) in [7, 11) is 0. The van der Waals surface area contributed by atoms with E-state index in [1.807, 2.05) is 66.9 Å². The van der Waals surface area contributed by atoms with Crippen molar-refractivity contribution in [1.29, 1.82) is 10.7 Å². The highest BCUT2D eigenvalue weighted by atomic mass is 19.1. The van der Waals surface area contributed by atoms with Crippen LogP contribution >= 0.6 is 0 Å². The second-order valence-corrected chi connectivity index (χ2v) is 9.30. The molecule has 1 N–H and O–H groups in total. The second-order valence-electron chi connectivity index (χ2n) is 9.30. The Hall–Kier alpha value is -5.21. The maximum Gasteiger partial charge on any atom is 0.206 e. The van der Waals surface area contributed by atoms with Gasteiger partial charge in [-0.1, -0.05) is 72.8 Å². The molecule has 0 bridgehead atoms. The normalized spacial score (nSPS) is 12.2. The van der Waals surface area contributed by atoms with Crippen LogP contribution in [-0.4, -0.2) is 0 Å². The quantitative estimate of drug-likeness (QED) is 0.247. The number of nitrogens with zero attached hydrogens (tertiary/aromatic N) is 2. The van der Waals surface area contributed by atoms with Gasteiger partial charge in [-0.25, -0.2) is 8.78 Å². The molecular formula is C33H17F2N3. The van der Waals surface area contributed by atoms with Gasteiger partial charge in [-0.2, -0.15) is 10.3 Å². The lowest BCUT2D eigenvalue weighted by molar-refractivity contribution is 0.629. The molecule has 0 spiro atoms. The number of fused-ring (bicyclic) bond motifs is 6. The van der Waals surface area contributed by atoms with Crippen LogP contribution in [0.25, 0.3) is 65.3 Å². The van der Waals surface area contributed by atoms with Crippen LogP contribution in [0.5, 0.6) is 0 Å². The zero-order valence-electron chi connectivity index (χ0n) is 19.9. The number of hydrogen-bond acceptors (Lipinski definition) is 3. The number of benzene rings is 5. The molecule has 0 heterocycles. The third-order valence-electron chi connectivity index (χ3n) is 7.30. The van der Waals surface area contributed by atoms with Crippen LogP contribution < -0.4 is 10.7 Å².